The highest BCUT2D eigenvalue weighted by atomic mass is 16.5. The van der Waals surface area contributed by atoms with Gasteiger partial charge in [0, 0.05) is 19.6 Å². The van der Waals surface area contributed by atoms with Crippen LogP contribution in [0, 0.1) is 5.92 Å². The molecule has 0 aromatic heterocycles. The van der Waals surface area contributed by atoms with E-state index in [1.54, 1.807) is 7.11 Å². The molecule has 2 aliphatic rings. The molecule has 1 aliphatic heterocycles. The van der Waals surface area contributed by atoms with Crippen LogP contribution in [0.5, 0.6) is 5.75 Å². The second-order valence-electron chi connectivity index (χ2n) is 5.96. The Bertz CT molecular complexity index is 471. The van der Waals surface area contributed by atoms with Crippen LogP contribution in [0.1, 0.15) is 30.0 Å². The maximum Gasteiger partial charge on any atom is 0.119 e. The van der Waals surface area contributed by atoms with Crippen molar-refractivity contribution in [3.63, 3.8) is 0 Å². The molecule has 1 aromatic rings. The normalized spacial score (nSPS) is 25.8. The third-order valence-electron chi connectivity index (χ3n) is 4.68. The van der Waals surface area contributed by atoms with E-state index in [1.165, 1.54) is 11.1 Å². The number of benzene rings is 1. The van der Waals surface area contributed by atoms with E-state index in [1.807, 2.05) is 13.1 Å². The van der Waals surface area contributed by atoms with Crippen molar-refractivity contribution in [3.05, 3.63) is 29.3 Å². The minimum Gasteiger partial charge on any atom is -0.497 e. The highest BCUT2D eigenvalue weighted by molar-refractivity contribution is 5.42. The molecule has 1 saturated heterocycles. The molecule has 1 N–H and O–H groups in total. The van der Waals surface area contributed by atoms with Gasteiger partial charge in [0.1, 0.15) is 5.75 Å². The van der Waals surface area contributed by atoms with Gasteiger partial charge in [-0.25, -0.2) is 0 Å². The molecule has 2 atom stereocenters. The van der Waals surface area contributed by atoms with E-state index in [2.05, 4.69) is 17.4 Å². The molecule has 0 amide bonds. The number of hydrogen-bond donors (Lipinski definition) is 1. The molecule has 0 spiro atoms. The maximum absolute atomic E-state index is 6.24. The van der Waals surface area contributed by atoms with Crippen molar-refractivity contribution in [3.8, 4) is 5.75 Å². The van der Waals surface area contributed by atoms with Crippen molar-refractivity contribution in [2.75, 3.05) is 34.0 Å². The summed E-state index contributed by atoms with van der Waals surface area (Å²) in [5.74, 6) is 1.56. The van der Waals surface area contributed by atoms with Crippen LogP contribution in [-0.4, -0.2) is 40.1 Å². The Balaban J connectivity index is 1.64. The fraction of sp³-hybridized carbons (Fsp3) is 0.647. The average molecular weight is 291 g/mol. The second-order valence-corrected chi connectivity index (χ2v) is 5.96. The zero-order valence-electron chi connectivity index (χ0n) is 12.9. The molecule has 0 radical (unpaired) electrons. The summed E-state index contributed by atoms with van der Waals surface area (Å²) in [6.45, 7) is 2.61. The largest absolute Gasteiger partial charge is 0.497 e. The van der Waals surface area contributed by atoms with Crippen LogP contribution in [0.3, 0.4) is 0 Å². The summed E-state index contributed by atoms with van der Waals surface area (Å²) < 4.78 is 17.0. The first-order valence-electron chi connectivity index (χ1n) is 7.85. The number of methoxy groups -OCH3 is 1. The Labute approximate surface area is 126 Å². The first-order valence-corrected chi connectivity index (χ1v) is 7.85. The summed E-state index contributed by atoms with van der Waals surface area (Å²) in [6, 6.07) is 6.59. The summed E-state index contributed by atoms with van der Waals surface area (Å²) in [7, 11) is 3.72. The van der Waals surface area contributed by atoms with Gasteiger partial charge in [0.2, 0.25) is 0 Å². The van der Waals surface area contributed by atoms with E-state index in [-0.39, 0.29) is 12.1 Å². The van der Waals surface area contributed by atoms with Crippen LogP contribution in [-0.2, 0) is 15.9 Å². The van der Waals surface area contributed by atoms with Crippen LogP contribution in [0.15, 0.2) is 18.2 Å². The Morgan fingerprint density at radius 2 is 2.10 bits per heavy atom. The van der Waals surface area contributed by atoms with Gasteiger partial charge in [0.05, 0.1) is 25.9 Å². The molecule has 0 saturated carbocycles. The molecule has 1 fully saturated rings. The topological polar surface area (TPSA) is 39.7 Å². The van der Waals surface area contributed by atoms with Gasteiger partial charge < -0.3 is 19.5 Å². The lowest BCUT2D eigenvalue weighted by atomic mass is 10.0. The summed E-state index contributed by atoms with van der Waals surface area (Å²) in [4.78, 5) is 0. The van der Waals surface area contributed by atoms with E-state index in [0.29, 0.717) is 5.92 Å². The molecule has 1 aromatic carbocycles. The van der Waals surface area contributed by atoms with Gasteiger partial charge in [-0.15, -0.1) is 0 Å². The quantitative estimate of drug-likeness (QED) is 0.904. The van der Waals surface area contributed by atoms with Gasteiger partial charge in [-0.05, 0) is 49.1 Å². The van der Waals surface area contributed by atoms with Gasteiger partial charge in [-0.1, -0.05) is 6.07 Å². The van der Waals surface area contributed by atoms with Gasteiger partial charge >= 0.3 is 0 Å². The lowest BCUT2D eigenvalue weighted by molar-refractivity contribution is -0.0188. The van der Waals surface area contributed by atoms with Crippen molar-refractivity contribution >= 4 is 0 Å². The van der Waals surface area contributed by atoms with E-state index in [4.69, 9.17) is 14.2 Å². The summed E-state index contributed by atoms with van der Waals surface area (Å²) in [5, 5.41) is 3.40. The van der Waals surface area contributed by atoms with E-state index < -0.39 is 0 Å². The van der Waals surface area contributed by atoms with Crippen LogP contribution >= 0.6 is 0 Å². The molecule has 116 valence electrons. The summed E-state index contributed by atoms with van der Waals surface area (Å²) in [6.07, 6.45) is 3.45. The highest BCUT2D eigenvalue weighted by Crippen LogP contribution is 2.36. The van der Waals surface area contributed by atoms with Crippen molar-refractivity contribution in [1.82, 2.24) is 5.32 Å². The SMILES string of the molecule is CNC1c2cc(OC)ccc2CC1OCC1CCOCC1. The zero-order chi connectivity index (χ0) is 14.7. The molecular weight excluding hydrogens is 266 g/mol. The second kappa shape index (κ2) is 6.77. The first-order chi connectivity index (χ1) is 10.3. The predicted octanol–water partition coefficient (Wildman–Crippen LogP) is 2.32. The standard InChI is InChI=1S/C17H25NO3/c1-18-17-15-10-14(19-2)4-3-13(15)9-16(17)21-11-12-5-7-20-8-6-12/h3-4,10,12,16-18H,5-9,11H2,1-2H3. The van der Waals surface area contributed by atoms with Crippen LogP contribution in [0.25, 0.3) is 0 Å². The molecule has 4 heteroatoms. The zero-order valence-corrected chi connectivity index (χ0v) is 12.9. The van der Waals surface area contributed by atoms with Crippen LogP contribution in [0.4, 0.5) is 0 Å². The third-order valence-corrected chi connectivity index (χ3v) is 4.68. The Kier molecular flexibility index (Phi) is 4.78. The summed E-state index contributed by atoms with van der Waals surface area (Å²) >= 11 is 0. The fourth-order valence-electron chi connectivity index (χ4n) is 3.38. The predicted molar refractivity (Wildman–Crippen MR) is 81.8 cm³/mol. The molecule has 3 rings (SSSR count). The number of ether oxygens (including phenoxy) is 3. The third kappa shape index (κ3) is 3.23. The van der Waals surface area contributed by atoms with Gasteiger partial charge in [-0.3, -0.25) is 0 Å². The molecule has 21 heavy (non-hydrogen) atoms. The van der Waals surface area contributed by atoms with E-state index in [9.17, 15) is 0 Å². The van der Waals surface area contributed by atoms with Crippen molar-refractivity contribution in [2.45, 2.75) is 31.4 Å². The lowest BCUT2D eigenvalue weighted by Crippen LogP contribution is -2.31. The van der Waals surface area contributed by atoms with E-state index in [0.717, 1.165) is 44.8 Å². The molecule has 0 bridgehead atoms. The highest BCUT2D eigenvalue weighted by Gasteiger charge is 2.33. The first kappa shape index (κ1) is 14.8. The van der Waals surface area contributed by atoms with Crippen LogP contribution in [0.2, 0.25) is 0 Å². The number of fused-ring (bicyclic) bond motifs is 1. The smallest absolute Gasteiger partial charge is 0.119 e. The molecule has 2 unspecified atom stereocenters. The van der Waals surface area contributed by atoms with Gasteiger partial charge in [-0.2, -0.15) is 0 Å². The van der Waals surface area contributed by atoms with Gasteiger partial charge in [0.25, 0.3) is 0 Å². The number of hydrogen-bond acceptors (Lipinski definition) is 4. The Morgan fingerprint density at radius 1 is 1.29 bits per heavy atom. The number of likely N-dealkylation sites (N-methyl/N-ethyl adjacent to an activating group) is 1. The molecule has 4 nitrogen and oxygen atoms in total. The number of nitrogens with one attached hydrogen (secondary N) is 1. The van der Waals surface area contributed by atoms with Crippen molar-refractivity contribution in [1.29, 1.82) is 0 Å². The molecule has 1 heterocycles. The van der Waals surface area contributed by atoms with Crippen molar-refractivity contribution in [2.24, 2.45) is 5.92 Å². The number of rotatable bonds is 5. The maximum atomic E-state index is 6.24. The summed E-state index contributed by atoms with van der Waals surface area (Å²) in [5.41, 5.74) is 2.68. The van der Waals surface area contributed by atoms with Crippen molar-refractivity contribution < 1.29 is 14.2 Å². The molecular formula is C17H25NO3. The van der Waals surface area contributed by atoms with Gasteiger partial charge in [0.15, 0.2) is 0 Å². The van der Waals surface area contributed by atoms with E-state index >= 15 is 0 Å². The molecule has 1 aliphatic carbocycles. The monoisotopic (exact) mass is 291 g/mol. The minimum absolute atomic E-state index is 0.222. The fourth-order valence-corrected chi connectivity index (χ4v) is 3.38. The van der Waals surface area contributed by atoms with Crippen LogP contribution < -0.4 is 10.1 Å². The lowest BCUT2D eigenvalue weighted by Gasteiger charge is -2.26. The Hall–Kier alpha value is -1.10. The average Bonchev–Trinajstić information content (AvgIpc) is 2.90. The Morgan fingerprint density at radius 3 is 2.81 bits per heavy atom. The minimum atomic E-state index is 0.222.